The third-order valence-corrected chi connectivity index (χ3v) is 5.74. The number of nitrogens with zero attached hydrogens (tertiary/aromatic N) is 4. The second kappa shape index (κ2) is 10.5. The van der Waals surface area contributed by atoms with Gasteiger partial charge in [-0.1, -0.05) is 29.5 Å². The van der Waals surface area contributed by atoms with Crippen molar-refractivity contribution in [3.8, 4) is 0 Å². The van der Waals surface area contributed by atoms with Crippen molar-refractivity contribution in [1.82, 2.24) is 20.3 Å². The fourth-order valence-electron chi connectivity index (χ4n) is 3.98. The molecule has 2 aromatic heterocycles. The van der Waals surface area contributed by atoms with E-state index in [0.717, 1.165) is 16.6 Å². The number of methoxy groups -OCH3 is 1. The summed E-state index contributed by atoms with van der Waals surface area (Å²) in [5.41, 5.74) is 3.86. The molecule has 0 aliphatic rings. The van der Waals surface area contributed by atoms with E-state index in [1.165, 1.54) is 4.90 Å². The number of benzene rings is 2. The van der Waals surface area contributed by atoms with Gasteiger partial charge in [-0.05, 0) is 62.2 Å². The van der Waals surface area contributed by atoms with Crippen LogP contribution in [-0.2, 0) is 20.9 Å². The van der Waals surface area contributed by atoms with Crippen LogP contribution in [0.5, 0.6) is 0 Å². The van der Waals surface area contributed by atoms with Crippen molar-refractivity contribution in [2.45, 2.75) is 33.4 Å². The first-order valence-electron chi connectivity index (χ1n) is 11.4. The molecule has 35 heavy (non-hydrogen) atoms. The van der Waals surface area contributed by atoms with E-state index < -0.39 is 6.04 Å². The smallest absolute Gasteiger partial charge is 0.251 e. The topological polar surface area (TPSA) is 102 Å². The lowest BCUT2D eigenvalue weighted by Gasteiger charge is -2.31. The van der Waals surface area contributed by atoms with Crippen molar-refractivity contribution in [3.05, 3.63) is 77.2 Å². The molecule has 9 heteroatoms. The number of aryl methyl sites for hydroxylation is 3. The summed E-state index contributed by atoms with van der Waals surface area (Å²) < 4.78 is 12.5. The molecule has 1 atom stereocenters. The number of anilines is 1. The van der Waals surface area contributed by atoms with E-state index in [2.05, 4.69) is 15.6 Å². The minimum atomic E-state index is -1.02. The molecule has 2 amide bonds. The molecular formula is C26H29N5O4. The lowest BCUT2D eigenvalue weighted by Crippen LogP contribution is -2.46. The van der Waals surface area contributed by atoms with Gasteiger partial charge in [-0.2, -0.15) is 0 Å². The van der Waals surface area contributed by atoms with Gasteiger partial charge in [0.15, 0.2) is 6.04 Å². The highest BCUT2D eigenvalue weighted by molar-refractivity contribution is 6.01. The van der Waals surface area contributed by atoms with Crippen LogP contribution in [0.2, 0.25) is 0 Å². The van der Waals surface area contributed by atoms with Gasteiger partial charge in [-0.3, -0.25) is 14.5 Å². The van der Waals surface area contributed by atoms with Gasteiger partial charge < -0.3 is 14.5 Å². The quantitative estimate of drug-likeness (QED) is 0.372. The largest absolute Gasteiger partial charge is 0.464 e. The average molecular weight is 476 g/mol. The van der Waals surface area contributed by atoms with Crippen LogP contribution >= 0.6 is 0 Å². The van der Waals surface area contributed by atoms with E-state index in [4.69, 9.17) is 9.15 Å². The first kappa shape index (κ1) is 24.2. The summed E-state index contributed by atoms with van der Waals surface area (Å²) in [5.74, 6) is 0.324. The molecule has 0 saturated heterocycles. The van der Waals surface area contributed by atoms with E-state index in [0.29, 0.717) is 35.9 Å². The highest BCUT2D eigenvalue weighted by atomic mass is 16.5. The number of ether oxygens (including phenoxy) is 1. The van der Waals surface area contributed by atoms with Crippen LogP contribution < -0.4 is 10.2 Å². The second-order valence-electron chi connectivity index (χ2n) is 8.42. The Morgan fingerprint density at radius 2 is 1.91 bits per heavy atom. The molecule has 0 radical (unpaired) electrons. The Kier molecular flexibility index (Phi) is 7.26. The predicted molar refractivity (Wildman–Crippen MR) is 132 cm³/mol. The molecule has 0 unspecified atom stereocenters. The zero-order valence-electron chi connectivity index (χ0n) is 20.3. The molecule has 9 nitrogen and oxygen atoms in total. The number of amides is 2. The normalized spacial score (nSPS) is 12.0. The molecular weight excluding hydrogens is 446 g/mol. The second-order valence-corrected chi connectivity index (χ2v) is 8.42. The molecule has 2 aromatic carbocycles. The number of carbonyl (C=O) groups excluding carboxylic acids is 2. The van der Waals surface area contributed by atoms with Crippen LogP contribution in [0.3, 0.4) is 0 Å². The number of hydrogen-bond donors (Lipinski definition) is 1. The maximum absolute atomic E-state index is 14.0. The minimum absolute atomic E-state index is 0.102. The molecule has 0 spiro atoms. The highest BCUT2D eigenvalue weighted by Gasteiger charge is 2.36. The molecule has 4 rings (SSSR count). The van der Waals surface area contributed by atoms with Gasteiger partial charge in [0.2, 0.25) is 5.91 Å². The summed E-state index contributed by atoms with van der Waals surface area (Å²) in [4.78, 5) is 29.0. The Morgan fingerprint density at radius 1 is 1.11 bits per heavy atom. The number of nitrogens with one attached hydrogen (secondary N) is 1. The summed E-state index contributed by atoms with van der Waals surface area (Å²) >= 11 is 0. The predicted octanol–water partition coefficient (Wildman–Crippen LogP) is 3.49. The number of rotatable bonds is 9. The fourth-order valence-corrected chi connectivity index (χ4v) is 3.98. The lowest BCUT2D eigenvalue weighted by molar-refractivity contribution is -0.127. The molecule has 4 aromatic rings. The monoisotopic (exact) mass is 475 g/mol. The SMILES string of the molecule is COCCNC(=O)[C@H](c1ccc(C)o1)N(C(=O)Cn1nnc2ccccc21)c1cc(C)ccc1C. The number of aromatic nitrogens is 3. The number of furan rings is 1. The molecule has 0 bridgehead atoms. The summed E-state index contributed by atoms with van der Waals surface area (Å²) in [6, 6.07) is 15.7. The van der Waals surface area contributed by atoms with E-state index in [9.17, 15) is 9.59 Å². The van der Waals surface area contributed by atoms with Crippen LogP contribution in [0.25, 0.3) is 11.0 Å². The van der Waals surface area contributed by atoms with Gasteiger partial charge in [0, 0.05) is 19.3 Å². The van der Waals surface area contributed by atoms with Crippen molar-refractivity contribution in [2.75, 3.05) is 25.2 Å². The van der Waals surface area contributed by atoms with Crippen molar-refractivity contribution < 1.29 is 18.7 Å². The van der Waals surface area contributed by atoms with E-state index >= 15 is 0 Å². The maximum Gasteiger partial charge on any atom is 0.251 e. The Morgan fingerprint density at radius 3 is 2.66 bits per heavy atom. The maximum atomic E-state index is 14.0. The first-order chi connectivity index (χ1) is 16.9. The number of hydrogen-bond acceptors (Lipinski definition) is 6. The fraction of sp³-hybridized carbons (Fsp3) is 0.308. The summed E-state index contributed by atoms with van der Waals surface area (Å²) in [7, 11) is 1.56. The third kappa shape index (κ3) is 5.25. The van der Waals surface area contributed by atoms with Crippen LogP contribution in [0.4, 0.5) is 5.69 Å². The van der Waals surface area contributed by atoms with E-state index in [-0.39, 0.29) is 18.4 Å². The molecule has 0 fully saturated rings. The first-order valence-corrected chi connectivity index (χ1v) is 11.4. The summed E-state index contributed by atoms with van der Waals surface area (Å²) in [5, 5.41) is 11.2. The molecule has 182 valence electrons. The van der Waals surface area contributed by atoms with Crippen molar-refractivity contribution in [3.63, 3.8) is 0 Å². The highest BCUT2D eigenvalue weighted by Crippen LogP contribution is 2.32. The van der Waals surface area contributed by atoms with Crippen LogP contribution in [0.1, 0.15) is 28.7 Å². The van der Waals surface area contributed by atoms with Gasteiger partial charge in [0.25, 0.3) is 5.91 Å². The molecule has 1 N–H and O–H groups in total. The van der Waals surface area contributed by atoms with E-state index in [1.54, 1.807) is 30.8 Å². The Labute approximate surface area is 203 Å². The van der Waals surface area contributed by atoms with Gasteiger partial charge in [0.05, 0.1) is 12.1 Å². The van der Waals surface area contributed by atoms with Gasteiger partial charge in [-0.15, -0.1) is 5.10 Å². The van der Waals surface area contributed by atoms with E-state index in [1.807, 2.05) is 56.3 Å². The molecule has 0 aliphatic heterocycles. The van der Waals surface area contributed by atoms with Crippen LogP contribution in [0, 0.1) is 20.8 Å². The summed E-state index contributed by atoms with van der Waals surface area (Å²) in [6.45, 7) is 6.20. The standard InChI is InChI=1S/C26H29N5O4/c1-17-9-10-18(2)22(15-17)31(24(32)16-30-21-8-6-5-7-20(21)28-29-30)25(23-12-11-19(3)35-23)26(33)27-13-14-34-4/h5-12,15,25H,13-14,16H2,1-4H3,(H,27,33)/t25-/m0/s1. The molecule has 0 saturated carbocycles. The number of carbonyl (C=O) groups is 2. The zero-order valence-corrected chi connectivity index (χ0v) is 20.3. The van der Waals surface area contributed by atoms with Gasteiger partial charge >= 0.3 is 0 Å². The summed E-state index contributed by atoms with van der Waals surface area (Å²) in [6.07, 6.45) is 0. The van der Waals surface area contributed by atoms with Crippen molar-refractivity contribution in [1.29, 1.82) is 0 Å². The van der Waals surface area contributed by atoms with Crippen molar-refractivity contribution >= 4 is 28.5 Å². The Hall–Kier alpha value is -3.98. The lowest BCUT2D eigenvalue weighted by atomic mass is 10.1. The minimum Gasteiger partial charge on any atom is -0.464 e. The zero-order chi connectivity index (χ0) is 24.9. The molecule has 0 aliphatic carbocycles. The van der Waals surface area contributed by atoms with Crippen LogP contribution in [0.15, 0.2) is 59.0 Å². The number of para-hydroxylation sites is 1. The van der Waals surface area contributed by atoms with Gasteiger partial charge in [0.1, 0.15) is 23.6 Å². The van der Waals surface area contributed by atoms with Gasteiger partial charge in [-0.25, -0.2) is 4.68 Å². The van der Waals surface area contributed by atoms with Crippen molar-refractivity contribution in [2.24, 2.45) is 0 Å². The Balaban J connectivity index is 1.80. The average Bonchev–Trinajstić information content (AvgIpc) is 3.45. The Bertz CT molecular complexity index is 1340. The van der Waals surface area contributed by atoms with Crippen LogP contribution in [-0.4, -0.2) is 47.1 Å². The third-order valence-electron chi connectivity index (χ3n) is 5.74. The molecule has 2 heterocycles. The number of fused-ring (bicyclic) bond motifs is 1.